The molecule has 2 atom stereocenters. The lowest BCUT2D eigenvalue weighted by molar-refractivity contribution is -0.127. The molecule has 0 saturated carbocycles. The van der Waals surface area contributed by atoms with E-state index in [0.29, 0.717) is 6.61 Å². The molecule has 0 aromatic carbocycles. The summed E-state index contributed by atoms with van der Waals surface area (Å²) in [5.74, 6) is -0.918. The Morgan fingerprint density at radius 1 is 1.56 bits per heavy atom. The zero-order chi connectivity index (χ0) is 13.8. The molecule has 6 heteroatoms. The van der Waals surface area contributed by atoms with Gasteiger partial charge in [-0.25, -0.2) is 0 Å². The highest BCUT2D eigenvalue weighted by Crippen LogP contribution is 2.20. The lowest BCUT2D eigenvalue weighted by Crippen LogP contribution is -2.55. The Hall–Kier alpha value is -1.30. The van der Waals surface area contributed by atoms with Gasteiger partial charge in [0.05, 0.1) is 12.1 Å². The first-order chi connectivity index (χ1) is 8.39. The molecule has 6 nitrogen and oxygen atoms in total. The van der Waals surface area contributed by atoms with Crippen LogP contribution in [0.25, 0.3) is 0 Å². The fourth-order valence-corrected chi connectivity index (χ4v) is 2.25. The number of carbonyl (C=O) groups excluding carboxylic acids is 1. The molecular weight excluding hydrogens is 234 g/mol. The molecule has 1 aliphatic rings. The topological polar surface area (TPSA) is 96.9 Å². The summed E-state index contributed by atoms with van der Waals surface area (Å²) in [6.07, 6.45) is 1.80. The van der Waals surface area contributed by atoms with Crippen LogP contribution in [0.2, 0.25) is 0 Å². The third-order valence-corrected chi connectivity index (χ3v) is 3.25. The van der Waals surface area contributed by atoms with Gasteiger partial charge in [-0.3, -0.25) is 4.79 Å². The molecule has 0 spiro atoms. The van der Waals surface area contributed by atoms with Crippen LogP contribution in [0.4, 0.5) is 0 Å². The summed E-state index contributed by atoms with van der Waals surface area (Å²) in [5, 5.41) is 14.6. The van der Waals surface area contributed by atoms with E-state index in [1.807, 2.05) is 20.8 Å². The van der Waals surface area contributed by atoms with Crippen molar-refractivity contribution in [3.63, 3.8) is 0 Å². The number of oxime groups is 1. The first-order valence-electron chi connectivity index (χ1n) is 6.27. The molecule has 0 bridgehead atoms. The molecule has 0 aromatic heterocycles. The molecule has 0 radical (unpaired) electrons. The van der Waals surface area contributed by atoms with Gasteiger partial charge in [0, 0.05) is 6.61 Å². The van der Waals surface area contributed by atoms with Gasteiger partial charge in [-0.05, 0) is 25.7 Å². The quantitative estimate of drug-likeness (QED) is 0.299. The van der Waals surface area contributed by atoms with Crippen LogP contribution >= 0.6 is 0 Å². The third kappa shape index (κ3) is 3.60. The van der Waals surface area contributed by atoms with Crippen LogP contribution in [0.3, 0.4) is 0 Å². The Morgan fingerprint density at radius 3 is 2.67 bits per heavy atom. The van der Waals surface area contributed by atoms with Gasteiger partial charge in [0.15, 0.2) is 5.84 Å². The number of nitrogens with one attached hydrogen (secondary N) is 1. The van der Waals surface area contributed by atoms with Crippen molar-refractivity contribution in [2.24, 2.45) is 22.7 Å². The number of amides is 1. The Morgan fingerprint density at radius 2 is 2.22 bits per heavy atom. The molecule has 1 fully saturated rings. The van der Waals surface area contributed by atoms with E-state index in [1.165, 1.54) is 0 Å². The predicted octanol–water partition coefficient (Wildman–Crippen LogP) is 0.690. The lowest BCUT2D eigenvalue weighted by Gasteiger charge is -2.35. The van der Waals surface area contributed by atoms with E-state index >= 15 is 0 Å². The molecule has 18 heavy (non-hydrogen) atoms. The lowest BCUT2D eigenvalue weighted by atomic mass is 9.90. The predicted molar refractivity (Wildman–Crippen MR) is 68.3 cm³/mol. The van der Waals surface area contributed by atoms with Gasteiger partial charge < -0.3 is 21.0 Å². The van der Waals surface area contributed by atoms with Crippen LogP contribution in [0.5, 0.6) is 0 Å². The summed E-state index contributed by atoms with van der Waals surface area (Å²) in [6, 6.07) is 0. The number of hydrogen-bond donors (Lipinski definition) is 3. The van der Waals surface area contributed by atoms with Crippen molar-refractivity contribution in [1.29, 1.82) is 0 Å². The zero-order valence-corrected chi connectivity index (χ0v) is 11.3. The first kappa shape index (κ1) is 14.8. The van der Waals surface area contributed by atoms with Crippen LogP contribution in [0.1, 0.15) is 33.6 Å². The highest BCUT2D eigenvalue weighted by molar-refractivity contribution is 6.02. The fourth-order valence-electron chi connectivity index (χ4n) is 2.25. The Bertz CT molecular complexity index is 323. The molecule has 2 unspecified atom stereocenters. The van der Waals surface area contributed by atoms with Crippen LogP contribution < -0.4 is 11.1 Å². The summed E-state index contributed by atoms with van der Waals surface area (Å²) in [4.78, 5) is 12.2. The van der Waals surface area contributed by atoms with Gasteiger partial charge in [-0.15, -0.1) is 0 Å². The zero-order valence-electron chi connectivity index (χ0n) is 11.3. The second-order valence-electron chi connectivity index (χ2n) is 5.45. The molecule has 0 aromatic rings. The minimum atomic E-state index is -0.617. The van der Waals surface area contributed by atoms with E-state index in [4.69, 9.17) is 15.7 Å². The molecule has 1 heterocycles. The summed E-state index contributed by atoms with van der Waals surface area (Å²) in [5.41, 5.74) is 5.21. The Balaban J connectivity index is 2.72. The number of nitrogens with zero attached hydrogens (tertiary/aromatic N) is 1. The van der Waals surface area contributed by atoms with Crippen molar-refractivity contribution in [3.05, 3.63) is 0 Å². The molecule has 1 amide bonds. The largest absolute Gasteiger partial charge is 0.409 e. The molecule has 1 aliphatic heterocycles. The highest BCUT2D eigenvalue weighted by atomic mass is 16.5. The normalized spacial score (nSPS) is 27.0. The maximum absolute atomic E-state index is 12.2. The minimum absolute atomic E-state index is 0.0333. The van der Waals surface area contributed by atoms with E-state index in [9.17, 15) is 4.79 Å². The van der Waals surface area contributed by atoms with Gasteiger partial charge in [0.25, 0.3) is 0 Å². The van der Waals surface area contributed by atoms with Crippen molar-refractivity contribution >= 4 is 11.7 Å². The molecule has 1 rings (SSSR count). The summed E-state index contributed by atoms with van der Waals surface area (Å²) >= 11 is 0. The molecule has 1 saturated heterocycles. The van der Waals surface area contributed by atoms with Crippen LogP contribution in [-0.4, -0.2) is 35.7 Å². The molecule has 4 N–H and O–H groups in total. The fraction of sp³-hybridized carbons (Fsp3) is 0.833. The van der Waals surface area contributed by atoms with Crippen molar-refractivity contribution < 1.29 is 14.7 Å². The number of hydrogen-bond acceptors (Lipinski definition) is 4. The molecular formula is C12H23N3O3. The van der Waals surface area contributed by atoms with Crippen molar-refractivity contribution in [3.8, 4) is 0 Å². The van der Waals surface area contributed by atoms with Crippen LogP contribution in [0, 0.1) is 11.8 Å². The third-order valence-electron chi connectivity index (χ3n) is 3.25. The van der Waals surface area contributed by atoms with Gasteiger partial charge in [-0.1, -0.05) is 19.0 Å². The molecule has 0 aliphatic carbocycles. The molecule has 104 valence electrons. The number of nitrogens with two attached hydrogens (primary N) is 1. The number of ether oxygens (including phenoxy) is 1. The summed E-state index contributed by atoms with van der Waals surface area (Å²) < 4.78 is 5.39. The SMILES string of the molecule is CC(C)C(C(=O)NC1(C)CCCOC1)C(N)=NO. The second-order valence-corrected chi connectivity index (χ2v) is 5.45. The van der Waals surface area contributed by atoms with E-state index in [0.717, 1.165) is 19.4 Å². The maximum Gasteiger partial charge on any atom is 0.231 e. The van der Waals surface area contributed by atoms with E-state index in [-0.39, 0.29) is 23.2 Å². The standard InChI is InChI=1S/C12H23N3O3/c1-8(2)9(10(13)15-17)11(16)14-12(3)5-4-6-18-7-12/h8-9,17H,4-7H2,1-3H3,(H2,13,15)(H,14,16). The number of amidine groups is 1. The average molecular weight is 257 g/mol. The number of carbonyl (C=O) groups is 1. The van der Waals surface area contributed by atoms with Crippen LogP contribution in [0.15, 0.2) is 5.16 Å². The Labute approximate surface area is 108 Å². The van der Waals surface area contributed by atoms with E-state index < -0.39 is 5.92 Å². The van der Waals surface area contributed by atoms with Crippen molar-refractivity contribution in [1.82, 2.24) is 5.32 Å². The number of rotatable bonds is 4. The van der Waals surface area contributed by atoms with Gasteiger partial charge in [-0.2, -0.15) is 0 Å². The first-order valence-corrected chi connectivity index (χ1v) is 6.27. The van der Waals surface area contributed by atoms with Crippen LogP contribution in [-0.2, 0) is 9.53 Å². The monoisotopic (exact) mass is 257 g/mol. The average Bonchev–Trinajstić information content (AvgIpc) is 2.28. The minimum Gasteiger partial charge on any atom is -0.409 e. The summed E-state index contributed by atoms with van der Waals surface area (Å²) in [7, 11) is 0. The van der Waals surface area contributed by atoms with Crippen molar-refractivity contribution in [2.45, 2.75) is 39.2 Å². The van der Waals surface area contributed by atoms with Crippen molar-refractivity contribution in [2.75, 3.05) is 13.2 Å². The second kappa shape index (κ2) is 6.04. The smallest absolute Gasteiger partial charge is 0.231 e. The summed E-state index contributed by atoms with van der Waals surface area (Å²) in [6.45, 7) is 6.91. The van der Waals surface area contributed by atoms with Gasteiger partial charge in [0.2, 0.25) is 5.91 Å². The maximum atomic E-state index is 12.2. The Kier molecular flexibility index (Phi) is 4.95. The van der Waals surface area contributed by atoms with Gasteiger partial charge >= 0.3 is 0 Å². The van der Waals surface area contributed by atoms with Gasteiger partial charge in [0.1, 0.15) is 5.92 Å². The van der Waals surface area contributed by atoms with E-state index in [2.05, 4.69) is 10.5 Å². The highest BCUT2D eigenvalue weighted by Gasteiger charge is 2.34. The van der Waals surface area contributed by atoms with E-state index in [1.54, 1.807) is 0 Å².